The van der Waals surface area contributed by atoms with E-state index in [4.69, 9.17) is 9.47 Å². The van der Waals surface area contributed by atoms with E-state index in [1.54, 1.807) is 23.8 Å². The molecular formula is C19H23N5O3. The van der Waals surface area contributed by atoms with E-state index in [9.17, 15) is 4.79 Å². The van der Waals surface area contributed by atoms with Crippen LogP contribution in [0.15, 0.2) is 36.4 Å². The van der Waals surface area contributed by atoms with Crippen LogP contribution in [0.25, 0.3) is 17.0 Å². The summed E-state index contributed by atoms with van der Waals surface area (Å²) in [5.74, 6) is 2.18. The van der Waals surface area contributed by atoms with Crippen molar-refractivity contribution in [3.63, 3.8) is 0 Å². The highest BCUT2D eigenvalue weighted by molar-refractivity contribution is 5.76. The molecule has 0 saturated carbocycles. The molecule has 0 spiro atoms. The van der Waals surface area contributed by atoms with Crippen LogP contribution in [0.5, 0.6) is 11.6 Å². The summed E-state index contributed by atoms with van der Waals surface area (Å²) in [6.45, 7) is 4.78. The van der Waals surface area contributed by atoms with Gasteiger partial charge in [-0.05, 0) is 36.2 Å². The maximum atomic E-state index is 11.6. The molecule has 1 aromatic carbocycles. The number of aromatic nitrogens is 4. The lowest BCUT2D eigenvalue weighted by Crippen LogP contribution is -2.29. The fraction of sp³-hybridized carbons (Fsp3) is 0.368. The first-order valence-electron chi connectivity index (χ1n) is 8.83. The van der Waals surface area contributed by atoms with Gasteiger partial charge in [-0.15, -0.1) is 15.3 Å². The topological polar surface area (TPSA) is 90.6 Å². The van der Waals surface area contributed by atoms with Crippen molar-refractivity contribution in [2.75, 3.05) is 20.3 Å². The third-order valence-corrected chi connectivity index (χ3v) is 3.85. The van der Waals surface area contributed by atoms with Crippen LogP contribution >= 0.6 is 0 Å². The molecule has 0 aliphatic carbocycles. The number of carbonyl (C=O) groups excluding carboxylic acids is 1. The van der Waals surface area contributed by atoms with Crippen LogP contribution in [0.4, 0.5) is 0 Å². The van der Waals surface area contributed by atoms with Gasteiger partial charge in [-0.1, -0.05) is 13.8 Å². The Labute approximate surface area is 157 Å². The summed E-state index contributed by atoms with van der Waals surface area (Å²) >= 11 is 0. The van der Waals surface area contributed by atoms with Gasteiger partial charge in [0.15, 0.2) is 11.5 Å². The second kappa shape index (κ2) is 8.48. The van der Waals surface area contributed by atoms with Crippen molar-refractivity contribution in [2.45, 2.75) is 20.3 Å². The van der Waals surface area contributed by atoms with Crippen LogP contribution in [0, 0.1) is 5.92 Å². The number of nitrogens with one attached hydrogen (secondary N) is 1. The van der Waals surface area contributed by atoms with E-state index in [-0.39, 0.29) is 5.91 Å². The predicted octanol–water partition coefficient (Wildman–Crippen LogP) is 2.34. The molecule has 142 valence electrons. The van der Waals surface area contributed by atoms with E-state index in [1.807, 2.05) is 38.1 Å². The van der Waals surface area contributed by atoms with E-state index in [1.165, 1.54) is 0 Å². The summed E-state index contributed by atoms with van der Waals surface area (Å²) in [5, 5.41) is 15.6. The number of hydrogen-bond acceptors (Lipinski definition) is 6. The molecule has 1 N–H and O–H groups in total. The Balaban J connectivity index is 1.66. The second-order valence-electron chi connectivity index (χ2n) is 6.49. The van der Waals surface area contributed by atoms with Crippen molar-refractivity contribution in [3.8, 4) is 23.0 Å². The summed E-state index contributed by atoms with van der Waals surface area (Å²) in [6, 6.07) is 11.0. The Kier molecular flexibility index (Phi) is 5.85. The van der Waals surface area contributed by atoms with Crippen LogP contribution in [0.1, 0.15) is 20.3 Å². The molecule has 8 heteroatoms. The molecule has 0 aliphatic rings. The van der Waals surface area contributed by atoms with Crippen molar-refractivity contribution >= 4 is 11.6 Å². The van der Waals surface area contributed by atoms with Gasteiger partial charge in [-0.3, -0.25) is 4.79 Å². The highest BCUT2D eigenvalue weighted by Crippen LogP contribution is 2.21. The summed E-state index contributed by atoms with van der Waals surface area (Å²) in [5.41, 5.74) is 1.49. The normalized spacial score (nSPS) is 11.0. The minimum atomic E-state index is 0.0256. The Hall–Kier alpha value is -3.16. The fourth-order valence-corrected chi connectivity index (χ4v) is 2.56. The minimum Gasteiger partial charge on any atom is -0.497 e. The van der Waals surface area contributed by atoms with E-state index >= 15 is 0 Å². The molecule has 27 heavy (non-hydrogen) atoms. The molecule has 0 bridgehead atoms. The first kappa shape index (κ1) is 18.6. The second-order valence-corrected chi connectivity index (χ2v) is 6.49. The van der Waals surface area contributed by atoms with E-state index in [0.29, 0.717) is 42.8 Å². The SMILES string of the molecule is COc1ccc(-c2nnc3ccc(OCCNC(=O)CC(C)C)nn23)cc1. The van der Waals surface area contributed by atoms with Crippen LogP contribution in [-0.4, -0.2) is 46.0 Å². The third-order valence-electron chi connectivity index (χ3n) is 3.85. The number of rotatable bonds is 8. The Morgan fingerprint density at radius 1 is 1.15 bits per heavy atom. The number of amides is 1. The van der Waals surface area contributed by atoms with Crippen LogP contribution in [-0.2, 0) is 4.79 Å². The third kappa shape index (κ3) is 4.72. The molecule has 8 nitrogen and oxygen atoms in total. The maximum Gasteiger partial charge on any atom is 0.231 e. The summed E-state index contributed by atoms with van der Waals surface area (Å²) < 4.78 is 12.5. The van der Waals surface area contributed by atoms with Gasteiger partial charge in [0, 0.05) is 18.1 Å². The van der Waals surface area contributed by atoms with Gasteiger partial charge in [0.2, 0.25) is 11.8 Å². The average molecular weight is 369 g/mol. The summed E-state index contributed by atoms with van der Waals surface area (Å²) in [4.78, 5) is 11.6. The predicted molar refractivity (Wildman–Crippen MR) is 101 cm³/mol. The number of nitrogens with zero attached hydrogens (tertiary/aromatic N) is 4. The zero-order valence-corrected chi connectivity index (χ0v) is 15.7. The number of benzene rings is 1. The summed E-state index contributed by atoms with van der Waals surface area (Å²) in [7, 11) is 1.62. The Morgan fingerprint density at radius 3 is 2.63 bits per heavy atom. The van der Waals surface area contributed by atoms with Crippen molar-refractivity contribution < 1.29 is 14.3 Å². The molecule has 2 heterocycles. The molecule has 0 unspecified atom stereocenters. The molecule has 3 aromatic rings. The quantitative estimate of drug-likeness (QED) is 0.613. The lowest BCUT2D eigenvalue weighted by molar-refractivity contribution is -0.121. The van der Waals surface area contributed by atoms with Gasteiger partial charge in [0.05, 0.1) is 13.7 Å². The average Bonchev–Trinajstić information content (AvgIpc) is 3.08. The van der Waals surface area contributed by atoms with Gasteiger partial charge >= 0.3 is 0 Å². The highest BCUT2D eigenvalue weighted by Gasteiger charge is 2.11. The summed E-state index contributed by atoms with van der Waals surface area (Å²) in [6.07, 6.45) is 0.510. The monoisotopic (exact) mass is 369 g/mol. The van der Waals surface area contributed by atoms with Crippen LogP contribution in [0.3, 0.4) is 0 Å². The Bertz CT molecular complexity index is 905. The molecule has 3 rings (SSSR count). The minimum absolute atomic E-state index is 0.0256. The highest BCUT2D eigenvalue weighted by atomic mass is 16.5. The van der Waals surface area contributed by atoms with Gasteiger partial charge in [0.1, 0.15) is 12.4 Å². The Morgan fingerprint density at radius 2 is 1.93 bits per heavy atom. The maximum absolute atomic E-state index is 11.6. The van der Waals surface area contributed by atoms with Crippen molar-refractivity contribution in [1.82, 2.24) is 25.1 Å². The number of hydrogen-bond donors (Lipinski definition) is 1. The molecule has 1 amide bonds. The molecule has 0 radical (unpaired) electrons. The number of fused-ring (bicyclic) bond motifs is 1. The first-order valence-corrected chi connectivity index (χ1v) is 8.83. The largest absolute Gasteiger partial charge is 0.497 e. The molecule has 0 atom stereocenters. The van der Waals surface area contributed by atoms with Crippen LogP contribution in [0.2, 0.25) is 0 Å². The zero-order chi connectivity index (χ0) is 19.2. The van der Waals surface area contributed by atoms with Gasteiger partial charge in [-0.25, -0.2) is 0 Å². The van der Waals surface area contributed by atoms with Crippen LogP contribution < -0.4 is 14.8 Å². The lowest BCUT2D eigenvalue weighted by Gasteiger charge is -2.08. The lowest BCUT2D eigenvalue weighted by atomic mass is 10.1. The molecular weight excluding hydrogens is 346 g/mol. The van der Waals surface area contributed by atoms with Gasteiger partial charge < -0.3 is 14.8 Å². The van der Waals surface area contributed by atoms with Crippen molar-refractivity contribution in [3.05, 3.63) is 36.4 Å². The molecule has 0 aliphatic heterocycles. The molecule has 0 saturated heterocycles. The molecule has 0 fully saturated rings. The van der Waals surface area contributed by atoms with E-state index in [2.05, 4.69) is 20.6 Å². The first-order chi connectivity index (χ1) is 13.1. The smallest absolute Gasteiger partial charge is 0.231 e. The standard InChI is InChI=1S/C19H23N5O3/c1-13(2)12-17(25)20-10-11-27-18-9-8-16-21-22-19(24(16)23-18)14-4-6-15(26-3)7-5-14/h4-9,13H,10-12H2,1-3H3,(H,20,25). The van der Waals surface area contributed by atoms with Gasteiger partial charge in [0.25, 0.3) is 0 Å². The van der Waals surface area contributed by atoms with Crippen molar-refractivity contribution in [1.29, 1.82) is 0 Å². The van der Waals surface area contributed by atoms with E-state index in [0.717, 1.165) is 11.3 Å². The number of methoxy groups -OCH3 is 1. The number of carbonyl (C=O) groups is 1. The van der Waals surface area contributed by atoms with Gasteiger partial charge in [-0.2, -0.15) is 4.52 Å². The van der Waals surface area contributed by atoms with Crippen molar-refractivity contribution in [2.24, 2.45) is 5.92 Å². The fourth-order valence-electron chi connectivity index (χ4n) is 2.56. The molecule has 2 aromatic heterocycles. The van der Waals surface area contributed by atoms with E-state index < -0.39 is 0 Å². The zero-order valence-electron chi connectivity index (χ0n) is 15.7. The number of ether oxygens (including phenoxy) is 2.